The number of rotatable bonds is 7. The maximum Gasteiger partial charge on any atom is 0.319 e. The number of anilines is 1. The number of hydrogen-bond acceptors (Lipinski definition) is 6. The molecule has 0 saturated heterocycles. The SMILES string of the molecule is CCOC(=O)C(c1ccncc1)c1nccc2nc(-c3ccc(NC)cc3)c(-c3ccccc3)cc12. The van der Waals surface area contributed by atoms with Crippen LogP contribution in [0.25, 0.3) is 33.3 Å². The Morgan fingerprint density at radius 1 is 0.917 bits per heavy atom. The van der Waals surface area contributed by atoms with Gasteiger partial charge in [-0.15, -0.1) is 0 Å². The second-order valence-electron chi connectivity index (χ2n) is 8.31. The second kappa shape index (κ2) is 10.4. The van der Waals surface area contributed by atoms with Gasteiger partial charge in [0.05, 0.1) is 23.5 Å². The number of ether oxygens (including phenoxy) is 1. The van der Waals surface area contributed by atoms with Crippen LogP contribution in [0.3, 0.4) is 0 Å². The van der Waals surface area contributed by atoms with Crippen LogP contribution in [0.1, 0.15) is 24.1 Å². The quantitative estimate of drug-likeness (QED) is 0.287. The van der Waals surface area contributed by atoms with Crippen molar-refractivity contribution in [1.82, 2.24) is 15.0 Å². The van der Waals surface area contributed by atoms with Gasteiger partial charge in [0, 0.05) is 47.8 Å². The van der Waals surface area contributed by atoms with E-state index in [9.17, 15) is 4.79 Å². The molecule has 178 valence electrons. The zero-order valence-corrected chi connectivity index (χ0v) is 20.2. The Morgan fingerprint density at radius 2 is 1.67 bits per heavy atom. The van der Waals surface area contributed by atoms with Crippen LogP contribution < -0.4 is 5.32 Å². The van der Waals surface area contributed by atoms with Crippen LogP contribution in [0.4, 0.5) is 5.69 Å². The maximum absolute atomic E-state index is 13.2. The number of carbonyl (C=O) groups excluding carboxylic acids is 1. The van der Waals surface area contributed by atoms with Gasteiger partial charge in [0.1, 0.15) is 5.92 Å². The first-order valence-corrected chi connectivity index (χ1v) is 11.9. The lowest BCUT2D eigenvalue weighted by Gasteiger charge is -2.19. The fourth-order valence-electron chi connectivity index (χ4n) is 4.39. The lowest BCUT2D eigenvalue weighted by molar-refractivity contribution is -0.143. The lowest BCUT2D eigenvalue weighted by Crippen LogP contribution is -2.19. The Kier molecular flexibility index (Phi) is 6.67. The number of esters is 1. The number of nitrogens with zero attached hydrogens (tertiary/aromatic N) is 3. The predicted molar refractivity (Wildman–Crippen MR) is 143 cm³/mol. The van der Waals surface area contributed by atoms with Gasteiger partial charge in [0.25, 0.3) is 0 Å². The van der Waals surface area contributed by atoms with Crippen LogP contribution in [0.5, 0.6) is 0 Å². The first kappa shape index (κ1) is 23.2. The fraction of sp³-hybridized carbons (Fsp3) is 0.133. The first-order chi connectivity index (χ1) is 17.7. The Balaban J connectivity index is 1.76. The molecule has 5 rings (SSSR count). The summed E-state index contributed by atoms with van der Waals surface area (Å²) in [5, 5.41) is 3.97. The average molecular weight is 475 g/mol. The van der Waals surface area contributed by atoms with Crippen LogP contribution in [-0.2, 0) is 9.53 Å². The Morgan fingerprint density at radius 3 is 2.36 bits per heavy atom. The molecule has 1 N–H and O–H groups in total. The molecule has 0 amide bonds. The number of hydrogen-bond donors (Lipinski definition) is 1. The van der Waals surface area contributed by atoms with Crippen molar-refractivity contribution < 1.29 is 9.53 Å². The third-order valence-corrected chi connectivity index (χ3v) is 6.14. The molecule has 2 aromatic carbocycles. The summed E-state index contributed by atoms with van der Waals surface area (Å²) in [6, 6.07) is 26.0. The highest BCUT2D eigenvalue weighted by atomic mass is 16.5. The maximum atomic E-state index is 13.2. The molecule has 36 heavy (non-hydrogen) atoms. The van der Waals surface area contributed by atoms with Crippen LogP contribution in [-0.4, -0.2) is 34.6 Å². The molecule has 1 unspecified atom stereocenters. The van der Waals surface area contributed by atoms with E-state index in [1.54, 1.807) is 25.5 Å². The van der Waals surface area contributed by atoms with Crippen LogP contribution in [0, 0.1) is 0 Å². The van der Waals surface area contributed by atoms with E-state index in [0.717, 1.165) is 44.5 Å². The zero-order valence-electron chi connectivity index (χ0n) is 20.2. The molecule has 3 heterocycles. The summed E-state index contributed by atoms with van der Waals surface area (Å²) < 4.78 is 5.47. The molecule has 0 aliphatic heterocycles. The highest BCUT2D eigenvalue weighted by Crippen LogP contribution is 2.37. The van der Waals surface area contributed by atoms with Crippen molar-refractivity contribution in [1.29, 1.82) is 0 Å². The van der Waals surface area contributed by atoms with Gasteiger partial charge in [-0.05, 0) is 54.4 Å². The fourth-order valence-corrected chi connectivity index (χ4v) is 4.39. The minimum Gasteiger partial charge on any atom is -0.465 e. The Labute approximate surface area is 210 Å². The summed E-state index contributed by atoms with van der Waals surface area (Å²) >= 11 is 0. The summed E-state index contributed by atoms with van der Waals surface area (Å²) in [5.41, 5.74) is 7.04. The summed E-state index contributed by atoms with van der Waals surface area (Å²) in [6.45, 7) is 2.09. The van der Waals surface area contributed by atoms with Gasteiger partial charge in [-0.3, -0.25) is 14.8 Å². The van der Waals surface area contributed by atoms with E-state index in [0.29, 0.717) is 5.69 Å². The van der Waals surface area contributed by atoms with Crippen LogP contribution in [0.15, 0.2) is 97.5 Å². The van der Waals surface area contributed by atoms with Crippen molar-refractivity contribution in [3.63, 3.8) is 0 Å². The molecule has 0 saturated carbocycles. The molecule has 0 aliphatic rings. The van der Waals surface area contributed by atoms with E-state index >= 15 is 0 Å². The molecule has 1 atom stereocenters. The number of benzene rings is 2. The molecule has 0 aliphatic carbocycles. The van der Waals surface area contributed by atoms with Gasteiger partial charge in [0.15, 0.2) is 0 Å². The largest absolute Gasteiger partial charge is 0.465 e. The summed E-state index contributed by atoms with van der Waals surface area (Å²) in [5.74, 6) is -1.04. The second-order valence-corrected chi connectivity index (χ2v) is 8.31. The molecule has 0 spiro atoms. The molecule has 3 aromatic heterocycles. The smallest absolute Gasteiger partial charge is 0.319 e. The van der Waals surface area contributed by atoms with Gasteiger partial charge in [-0.1, -0.05) is 42.5 Å². The van der Waals surface area contributed by atoms with E-state index < -0.39 is 5.92 Å². The molecule has 0 bridgehead atoms. The lowest BCUT2D eigenvalue weighted by atomic mass is 9.91. The van der Waals surface area contributed by atoms with Crippen LogP contribution >= 0.6 is 0 Å². The molecule has 6 nitrogen and oxygen atoms in total. The Bertz CT molecular complexity index is 1490. The normalized spacial score (nSPS) is 11.7. The zero-order chi connectivity index (χ0) is 24.9. The minimum absolute atomic E-state index is 0.283. The molecule has 5 aromatic rings. The highest BCUT2D eigenvalue weighted by Gasteiger charge is 2.28. The standard InChI is InChI=1S/C30H26N4O2/c1-3-36-30(35)27(21-13-16-32-17-14-21)29-25-19-24(20-7-5-4-6-8-20)28(34-26(25)15-18-33-29)22-9-11-23(31-2)12-10-22/h4-19,27,31H,3H2,1-2H3. The van der Waals surface area contributed by atoms with Crippen molar-refractivity contribution in [2.24, 2.45) is 0 Å². The van der Waals surface area contributed by atoms with Crippen molar-refractivity contribution in [3.05, 3.63) is 109 Å². The minimum atomic E-state index is -0.692. The number of nitrogens with one attached hydrogen (secondary N) is 1. The summed E-state index contributed by atoms with van der Waals surface area (Å²) in [4.78, 5) is 27.1. The topological polar surface area (TPSA) is 77.0 Å². The van der Waals surface area contributed by atoms with Gasteiger partial charge in [0.2, 0.25) is 0 Å². The van der Waals surface area contributed by atoms with Crippen molar-refractivity contribution >= 4 is 22.6 Å². The van der Waals surface area contributed by atoms with Gasteiger partial charge in [-0.2, -0.15) is 0 Å². The molecule has 6 heteroatoms. The average Bonchev–Trinajstić information content (AvgIpc) is 2.94. The van der Waals surface area contributed by atoms with Crippen molar-refractivity contribution in [2.75, 3.05) is 19.0 Å². The summed E-state index contributed by atoms with van der Waals surface area (Å²) in [7, 11) is 1.90. The number of carbonyl (C=O) groups is 1. The molecular formula is C30H26N4O2. The first-order valence-electron chi connectivity index (χ1n) is 11.9. The van der Waals surface area contributed by atoms with E-state index in [-0.39, 0.29) is 12.6 Å². The molecule has 0 fully saturated rings. The predicted octanol–water partition coefficient (Wildman–Crippen LogP) is 6.10. The van der Waals surface area contributed by atoms with Crippen molar-refractivity contribution in [2.45, 2.75) is 12.8 Å². The molecular weight excluding hydrogens is 448 g/mol. The van der Waals surface area contributed by atoms with E-state index in [1.165, 1.54) is 0 Å². The summed E-state index contributed by atoms with van der Waals surface area (Å²) in [6.07, 6.45) is 5.05. The van der Waals surface area contributed by atoms with E-state index in [1.807, 2.05) is 55.6 Å². The monoisotopic (exact) mass is 474 g/mol. The number of pyridine rings is 3. The van der Waals surface area contributed by atoms with Crippen molar-refractivity contribution in [3.8, 4) is 22.4 Å². The highest BCUT2D eigenvalue weighted by molar-refractivity contribution is 5.96. The number of aromatic nitrogens is 3. The Hall–Kier alpha value is -4.58. The van der Waals surface area contributed by atoms with Gasteiger partial charge in [-0.25, -0.2) is 4.98 Å². The van der Waals surface area contributed by atoms with Crippen LogP contribution in [0.2, 0.25) is 0 Å². The third kappa shape index (κ3) is 4.53. The van der Waals surface area contributed by atoms with Gasteiger partial charge >= 0.3 is 5.97 Å². The van der Waals surface area contributed by atoms with E-state index in [2.05, 4.69) is 45.6 Å². The third-order valence-electron chi connectivity index (χ3n) is 6.14. The van der Waals surface area contributed by atoms with E-state index in [4.69, 9.17) is 9.72 Å². The van der Waals surface area contributed by atoms with Gasteiger partial charge < -0.3 is 10.1 Å². The number of fused-ring (bicyclic) bond motifs is 1. The molecule has 0 radical (unpaired) electrons.